The average molecular weight is 714 g/mol. The monoisotopic (exact) mass is 712 g/mol. The molecule has 0 unspecified atom stereocenters. The van der Waals surface area contributed by atoms with Crippen LogP contribution in [0.1, 0.15) is 34.7 Å². The Balaban J connectivity index is 1.40. The Kier molecular flexibility index (Phi) is 6.64. The van der Waals surface area contributed by atoms with E-state index >= 15 is 0 Å². The van der Waals surface area contributed by atoms with Gasteiger partial charge in [-0.2, -0.15) is 0 Å². The normalized spacial score (nSPS) is 30.8. The van der Waals surface area contributed by atoms with Crippen molar-refractivity contribution in [1.29, 1.82) is 0 Å². The van der Waals surface area contributed by atoms with Crippen LogP contribution in [0.5, 0.6) is 11.5 Å². The van der Waals surface area contributed by atoms with Gasteiger partial charge in [-0.25, -0.2) is 9.69 Å². The molecule has 1 saturated carbocycles. The van der Waals surface area contributed by atoms with E-state index < -0.39 is 74.3 Å². The Labute approximate surface area is 273 Å². The number of carbonyl (C=O) groups excluding carboxylic acids is 4. The van der Waals surface area contributed by atoms with E-state index in [0.717, 1.165) is 27.3 Å². The zero-order chi connectivity index (χ0) is 32.2. The van der Waals surface area contributed by atoms with Crippen molar-refractivity contribution in [3.05, 3.63) is 77.4 Å². The van der Waals surface area contributed by atoms with E-state index in [1.54, 1.807) is 30.3 Å². The van der Waals surface area contributed by atoms with Gasteiger partial charge in [-0.05, 0) is 36.3 Å². The van der Waals surface area contributed by atoms with Crippen LogP contribution in [0.25, 0.3) is 10.8 Å². The molecule has 0 radical (unpaired) electrons. The maximum atomic E-state index is 14.1. The topological polar surface area (TPSA) is 153 Å². The first-order valence-corrected chi connectivity index (χ1v) is 15.9. The number of nitrogens with zero attached hydrogens (tertiary/aromatic N) is 2. The number of carboxylic acid groups (broad SMARTS) is 1. The third-order valence-electron chi connectivity index (χ3n) is 9.73. The maximum absolute atomic E-state index is 14.1. The summed E-state index contributed by atoms with van der Waals surface area (Å²) in [6.07, 6.45) is 1.61. The van der Waals surface area contributed by atoms with Crippen LogP contribution in [-0.2, 0) is 19.2 Å². The maximum Gasteiger partial charge on any atom is 0.339 e. The largest absolute Gasteiger partial charge is 0.507 e. The van der Waals surface area contributed by atoms with E-state index in [1.807, 2.05) is 12.1 Å². The van der Waals surface area contributed by atoms with Crippen LogP contribution >= 0.6 is 39.1 Å². The Morgan fingerprint density at radius 2 is 1.69 bits per heavy atom. The lowest BCUT2D eigenvalue weighted by atomic mass is 9.56. The van der Waals surface area contributed by atoms with Crippen LogP contribution in [0.4, 0.5) is 5.69 Å². The summed E-state index contributed by atoms with van der Waals surface area (Å²) in [4.78, 5) is 64.9. The number of aromatic carboxylic acids is 1. The van der Waals surface area contributed by atoms with Crippen molar-refractivity contribution < 1.29 is 39.3 Å². The number of phenols is 2. The fourth-order valence-corrected chi connectivity index (χ4v) is 9.12. The average Bonchev–Trinajstić information content (AvgIpc) is 3.35. The number of hydrogen-bond acceptors (Lipinski definition) is 7. The summed E-state index contributed by atoms with van der Waals surface area (Å²) in [5.74, 6) is -8.67. The molecule has 0 spiro atoms. The number of likely N-dealkylation sites (tertiary alicyclic amines) is 1. The van der Waals surface area contributed by atoms with Crippen molar-refractivity contribution >= 4 is 85.2 Å². The lowest BCUT2D eigenvalue weighted by Gasteiger charge is -2.50. The van der Waals surface area contributed by atoms with Gasteiger partial charge in [0.05, 0.1) is 23.0 Å². The van der Waals surface area contributed by atoms with Crippen LogP contribution < -0.4 is 4.90 Å². The number of alkyl halides is 3. The summed E-state index contributed by atoms with van der Waals surface area (Å²) >= 11 is 17.7. The predicted octanol–water partition coefficient (Wildman–Crippen LogP) is 4.87. The van der Waals surface area contributed by atoms with Gasteiger partial charge in [-0.1, -0.05) is 64.0 Å². The van der Waals surface area contributed by atoms with Gasteiger partial charge in [0.15, 0.2) is 9.75 Å². The second-order valence-electron chi connectivity index (χ2n) is 11.7. The summed E-state index contributed by atoms with van der Waals surface area (Å²) in [5, 5.41) is 32.4. The second-order valence-corrected chi connectivity index (χ2v) is 13.5. The fraction of sp³-hybridized carbons (Fsp3) is 0.281. The quantitative estimate of drug-likeness (QED) is 0.150. The minimum absolute atomic E-state index is 0.00663. The number of aromatic hydroxyl groups is 2. The van der Waals surface area contributed by atoms with Crippen molar-refractivity contribution in [2.75, 3.05) is 10.4 Å². The number of halogens is 3. The molecule has 13 heteroatoms. The van der Waals surface area contributed by atoms with Crippen LogP contribution in [0.2, 0.25) is 0 Å². The zero-order valence-electron chi connectivity index (χ0n) is 23.1. The number of imide groups is 2. The molecule has 2 aliphatic heterocycles. The van der Waals surface area contributed by atoms with Gasteiger partial charge in [0.1, 0.15) is 17.1 Å². The fourth-order valence-electron chi connectivity index (χ4n) is 7.70. The number of anilines is 1. The van der Waals surface area contributed by atoms with Crippen molar-refractivity contribution in [2.45, 2.75) is 28.5 Å². The molecular formula is C32H23BrCl2N2O8. The van der Waals surface area contributed by atoms with E-state index in [4.69, 9.17) is 23.2 Å². The Morgan fingerprint density at radius 3 is 2.38 bits per heavy atom. The summed E-state index contributed by atoms with van der Waals surface area (Å²) < 4.78 is 0. The van der Waals surface area contributed by atoms with Crippen molar-refractivity contribution in [2.24, 2.45) is 17.8 Å². The SMILES string of the molecule is O=C(O)c1ccc(N2C(=O)[C@H]3[C@H](CC=C4[C@H]3C[C@@]3(Cl)C(=O)N(CBr)C(=O)[C@@]3(Cl)[C@H]4c3ccc4ccccc4c3O)C2=O)cc1O. The predicted molar refractivity (Wildman–Crippen MR) is 167 cm³/mol. The minimum Gasteiger partial charge on any atom is -0.507 e. The van der Waals surface area contributed by atoms with E-state index in [9.17, 15) is 39.3 Å². The van der Waals surface area contributed by atoms with E-state index in [2.05, 4.69) is 15.9 Å². The van der Waals surface area contributed by atoms with Gasteiger partial charge in [-0.15, -0.1) is 23.2 Å². The molecule has 2 saturated heterocycles. The number of benzene rings is 3. The highest BCUT2D eigenvalue weighted by atomic mass is 79.9. The molecule has 3 fully saturated rings. The molecule has 230 valence electrons. The highest BCUT2D eigenvalue weighted by molar-refractivity contribution is 9.09. The molecule has 3 aromatic carbocycles. The van der Waals surface area contributed by atoms with E-state index in [-0.39, 0.29) is 35.3 Å². The highest BCUT2D eigenvalue weighted by Crippen LogP contribution is 2.66. The molecule has 0 bridgehead atoms. The van der Waals surface area contributed by atoms with E-state index in [1.165, 1.54) is 6.07 Å². The van der Waals surface area contributed by atoms with E-state index in [0.29, 0.717) is 11.0 Å². The van der Waals surface area contributed by atoms with Gasteiger partial charge in [0, 0.05) is 22.9 Å². The molecule has 7 rings (SSSR count). The molecule has 4 amide bonds. The number of allylic oxidation sites excluding steroid dienone is 2. The number of amides is 4. The molecule has 4 aliphatic rings. The third-order valence-corrected chi connectivity index (χ3v) is 11.6. The molecule has 3 aromatic rings. The summed E-state index contributed by atoms with van der Waals surface area (Å²) in [7, 11) is 0. The minimum atomic E-state index is -2.07. The number of hydrogen-bond donors (Lipinski definition) is 3. The highest BCUT2D eigenvalue weighted by Gasteiger charge is 2.76. The van der Waals surface area contributed by atoms with Crippen molar-refractivity contribution in [3.8, 4) is 11.5 Å². The van der Waals surface area contributed by atoms with Gasteiger partial charge >= 0.3 is 5.97 Å². The molecule has 3 N–H and O–H groups in total. The van der Waals surface area contributed by atoms with Gasteiger partial charge in [0.25, 0.3) is 11.8 Å². The number of carbonyl (C=O) groups is 5. The third kappa shape index (κ3) is 3.77. The van der Waals surface area contributed by atoms with Crippen molar-refractivity contribution in [3.63, 3.8) is 0 Å². The first kappa shape index (κ1) is 29.8. The molecule has 6 atom stereocenters. The Morgan fingerprint density at radius 1 is 0.956 bits per heavy atom. The lowest BCUT2D eigenvalue weighted by molar-refractivity contribution is -0.138. The van der Waals surface area contributed by atoms with Crippen LogP contribution in [0, 0.1) is 17.8 Å². The molecular weight excluding hydrogens is 691 g/mol. The first-order chi connectivity index (χ1) is 21.4. The first-order valence-electron chi connectivity index (χ1n) is 14.0. The molecule has 45 heavy (non-hydrogen) atoms. The standard InChI is InChI=1S/C32H23BrCl2N2O8/c33-13-36-29(44)31(34)12-21-17(24(32(31,35)30(36)45)20-7-5-14-3-1-2-4-16(14)25(20)39)9-10-19-23(21)27(41)37(26(19)40)15-6-8-18(28(42)43)22(38)11-15/h1-9,11,19,21,23-24,38-39H,10,12-13H2,(H,42,43)/t19-,21+,23-,24+,31+,32-/m0/s1. The van der Waals surface area contributed by atoms with Crippen molar-refractivity contribution in [1.82, 2.24) is 4.90 Å². The number of phenolic OH excluding ortho intramolecular Hbond substituents is 1. The molecule has 0 aromatic heterocycles. The second kappa shape index (κ2) is 10.0. The summed E-state index contributed by atoms with van der Waals surface area (Å²) in [6, 6.07) is 13.9. The molecule has 2 aliphatic carbocycles. The van der Waals surface area contributed by atoms with Crippen LogP contribution in [-0.4, -0.2) is 65.0 Å². The summed E-state index contributed by atoms with van der Waals surface area (Å²) in [5.41, 5.74) is 0.183. The number of carboxylic acids is 1. The number of fused-ring (bicyclic) bond motifs is 5. The smallest absolute Gasteiger partial charge is 0.339 e. The van der Waals surface area contributed by atoms with Gasteiger partial charge in [-0.3, -0.25) is 24.1 Å². The zero-order valence-corrected chi connectivity index (χ0v) is 26.2. The van der Waals surface area contributed by atoms with Crippen LogP contribution in [0.3, 0.4) is 0 Å². The van der Waals surface area contributed by atoms with Crippen LogP contribution in [0.15, 0.2) is 66.2 Å². The Bertz CT molecular complexity index is 1930. The summed E-state index contributed by atoms with van der Waals surface area (Å²) in [6.45, 7) is 0. The lowest BCUT2D eigenvalue weighted by Crippen LogP contribution is -2.60. The number of rotatable bonds is 4. The Hall–Kier alpha value is -3.93. The molecule has 2 heterocycles. The van der Waals surface area contributed by atoms with Gasteiger partial charge < -0.3 is 15.3 Å². The molecule has 10 nitrogen and oxygen atoms in total. The van der Waals surface area contributed by atoms with Gasteiger partial charge in [0.2, 0.25) is 11.8 Å².